The number of nitrogens with one attached hydrogen (secondary N) is 1. The van der Waals surface area contributed by atoms with E-state index in [9.17, 15) is 0 Å². The lowest BCUT2D eigenvalue weighted by Gasteiger charge is -2.08. The molecule has 21 heavy (non-hydrogen) atoms. The molecule has 0 aliphatic rings. The maximum absolute atomic E-state index is 4.53. The van der Waals surface area contributed by atoms with Gasteiger partial charge in [-0.05, 0) is 30.3 Å². The van der Waals surface area contributed by atoms with Gasteiger partial charge in [-0.1, -0.05) is 25.6 Å². The Hall–Kier alpha value is -1.41. The molecule has 2 heterocycles. The van der Waals surface area contributed by atoms with Crippen LogP contribution in [0.2, 0.25) is 0 Å². The second-order valence-corrected chi connectivity index (χ2v) is 6.41. The highest BCUT2D eigenvalue weighted by molar-refractivity contribution is 7.98. The van der Waals surface area contributed by atoms with Crippen LogP contribution in [-0.4, -0.2) is 42.6 Å². The van der Waals surface area contributed by atoms with Gasteiger partial charge in [0.2, 0.25) is 5.16 Å². The number of aromatic nitrogens is 6. The molecule has 0 atom stereocenters. The summed E-state index contributed by atoms with van der Waals surface area (Å²) in [5.74, 6) is 0.775. The zero-order chi connectivity index (χ0) is 15.2. The van der Waals surface area contributed by atoms with E-state index >= 15 is 0 Å². The number of hydrogen-bond donors (Lipinski definition) is 1. The van der Waals surface area contributed by atoms with Crippen LogP contribution in [0.1, 0.15) is 39.4 Å². The Morgan fingerprint density at radius 2 is 2.10 bits per heavy atom. The van der Waals surface area contributed by atoms with Crippen molar-refractivity contribution in [1.82, 2.24) is 35.3 Å². The molecule has 0 bridgehead atoms. The monoisotopic (exact) mass is 309 g/mol. The van der Waals surface area contributed by atoms with Crippen LogP contribution in [0.5, 0.6) is 0 Å². The zero-order valence-corrected chi connectivity index (χ0v) is 13.8. The summed E-state index contributed by atoms with van der Waals surface area (Å²) in [6.45, 7) is 10.1. The minimum absolute atomic E-state index is 0.385. The molecule has 2 rings (SSSR count). The van der Waals surface area contributed by atoms with Crippen molar-refractivity contribution in [3.8, 4) is 0 Å². The quantitative estimate of drug-likeness (QED) is 0.749. The van der Waals surface area contributed by atoms with Crippen LogP contribution in [0, 0.1) is 0 Å². The van der Waals surface area contributed by atoms with Gasteiger partial charge in [0.25, 0.3) is 0 Å². The third-order valence-electron chi connectivity index (χ3n) is 2.92. The normalized spacial score (nSPS) is 11.7. The fraction of sp³-hybridized carbons (Fsp3) is 0.692. The molecular weight excluding hydrogens is 286 g/mol. The fourth-order valence-electron chi connectivity index (χ4n) is 1.78. The van der Waals surface area contributed by atoms with Crippen molar-refractivity contribution >= 4 is 11.8 Å². The highest BCUT2D eigenvalue weighted by Crippen LogP contribution is 2.19. The standard InChI is InChI=1S/C13H23N7S/c1-10(2)14-6-8-20-13(15-17-18-20)21-9-12-5-7-19(16-12)11(3)4/h5,7,10-11,14H,6,8-9H2,1-4H3. The molecule has 0 unspecified atom stereocenters. The molecule has 7 nitrogen and oxygen atoms in total. The van der Waals surface area contributed by atoms with E-state index in [1.165, 1.54) is 0 Å². The van der Waals surface area contributed by atoms with Gasteiger partial charge in [0.1, 0.15) is 0 Å². The summed E-state index contributed by atoms with van der Waals surface area (Å²) in [5, 5.41) is 20.6. The average molecular weight is 309 g/mol. The first kappa shape index (κ1) is 16.0. The molecule has 0 aliphatic carbocycles. The van der Waals surface area contributed by atoms with Gasteiger partial charge in [-0.15, -0.1) is 5.10 Å². The summed E-state index contributed by atoms with van der Waals surface area (Å²) in [7, 11) is 0. The van der Waals surface area contributed by atoms with Gasteiger partial charge in [0.15, 0.2) is 0 Å². The Labute approximate surface area is 129 Å². The van der Waals surface area contributed by atoms with E-state index in [1.807, 2.05) is 21.6 Å². The lowest BCUT2D eigenvalue weighted by Crippen LogP contribution is -2.27. The minimum atomic E-state index is 0.385. The van der Waals surface area contributed by atoms with Crippen molar-refractivity contribution in [2.45, 2.75) is 57.2 Å². The predicted molar refractivity (Wildman–Crippen MR) is 83.1 cm³/mol. The summed E-state index contributed by atoms with van der Waals surface area (Å²) < 4.78 is 3.80. The summed E-state index contributed by atoms with van der Waals surface area (Å²) in [4.78, 5) is 0. The molecule has 8 heteroatoms. The van der Waals surface area contributed by atoms with Gasteiger partial charge in [-0.3, -0.25) is 4.68 Å². The molecule has 0 saturated carbocycles. The Morgan fingerprint density at radius 3 is 2.76 bits per heavy atom. The smallest absolute Gasteiger partial charge is 0.209 e. The van der Waals surface area contributed by atoms with E-state index < -0.39 is 0 Å². The van der Waals surface area contributed by atoms with Crippen LogP contribution in [0.25, 0.3) is 0 Å². The average Bonchev–Trinajstić information content (AvgIpc) is 3.04. The molecule has 2 aromatic heterocycles. The Bertz CT molecular complexity index is 546. The third kappa shape index (κ3) is 4.82. The summed E-state index contributed by atoms with van der Waals surface area (Å²) in [6.07, 6.45) is 2.01. The molecule has 0 aromatic carbocycles. The minimum Gasteiger partial charge on any atom is -0.313 e. The maximum Gasteiger partial charge on any atom is 0.209 e. The number of nitrogens with zero attached hydrogens (tertiary/aromatic N) is 6. The highest BCUT2D eigenvalue weighted by Gasteiger charge is 2.09. The molecular formula is C13H23N7S. The fourth-order valence-corrected chi connectivity index (χ4v) is 2.58. The van der Waals surface area contributed by atoms with Gasteiger partial charge in [0, 0.05) is 30.6 Å². The van der Waals surface area contributed by atoms with Crippen LogP contribution in [0.15, 0.2) is 17.4 Å². The van der Waals surface area contributed by atoms with Crippen LogP contribution in [0.3, 0.4) is 0 Å². The lowest BCUT2D eigenvalue weighted by atomic mass is 10.4. The first-order chi connectivity index (χ1) is 10.1. The van der Waals surface area contributed by atoms with Gasteiger partial charge >= 0.3 is 0 Å². The van der Waals surface area contributed by atoms with Crippen molar-refractivity contribution in [2.75, 3.05) is 6.54 Å². The first-order valence-electron chi connectivity index (χ1n) is 7.22. The molecule has 0 saturated heterocycles. The van der Waals surface area contributed by atoms with E-state index in [-0.39, 0.29) is 0 Å². The van der Waals surface area contributed by atoms with E-state index in [4.69, 9.17) is 0 Å². The van der Waals surface area contributed by atoms with E-state index in [0.717, 1.165) is 29.7 Å². The van der Waals surface area contributed by atoms with Gasteiger partial charge in [-0.25, -0.2) is 4.68 Å². The maximum atomic E-state index is 4.53. The largest absolute Gasteiger partial charge is 0.313 e. The summed E-state index contributed by atoms with van der Waals surface area (Å²) in [5.41, 5.74) is 1.04. The molecule has 0 radical (unpaired) electrons. The second-order valence-electron chi connectivity index (χ2n) is 5.46. The SMILES string of the molecule is CC(C)NCCn1nnnc1SCc1ccn(C(C)C)n1. The van der Waals surface area contributed by atoms with E-state index in [0.29, 0.717) is 12.1 Å². The van der Waals surface area contributed by atoms with Gasteiger partial charge in [0.05, 0.1) is 12.2 Å². The molecule has 0 spiro atoms. The van der Waals surface area contributed by atoms with E-state index in [2.05, 4.69) is 53.6 Å². The number of tetrazole rings is 1. The molecule has 0 fully saturated rings. The summed E-state index contributed by atoms with van der Waals surface area (Å²) in [6, 6.07) is 2.90. The number of rotatable bonds is 8. The van der Waals surface area contributed by atoms with Crippen molar-refractivity contribution in [3.05, 3.63) is 18.0 Å². The first-order valence-corrected chi connectivity index (χ1v) is 8.21. The topological polar surface area (TPSA) is 73.5 Å². The van der Waals surface area contributed by atoms with Crippen molar-refractivity contribution in [2.24, 2.45) is 0 Å². The Balaban J connectivity index is 1.86. The molecule has 0 aliphatic heterocycles. The molecule has 1 N–H and O–H groups in total. The van der Waals surface area contributed by atoms with Crippen molar-refractivity contribution in [1.29, 1.82) is 0 Å². The Kier molecular flexibility index (Phi) is 5.75. The van der Waals surface area contributed by atoms with Crippen LogP contribution < -0.4 is 5.32 Å². The molecule has 2 aromatic rings. The van der Waals surface area contributed by atoms with Crippen LogP contribution in [0.4, 0.5) is 0 Å². The predicted octanol–water partition coefficient (Wildman–Crippen LogP) is 1.74. The van der Waals surface area contributed by atoms with Crippen LogP contribution >= 0.6 is 11.8 Å². The molecule has 116 valence electrons. The Morgan fingerprint density at radius 1 is 1.29 bits per heavy atom. The van der Waals surface area contributed by atoms with Crippen molar-refractivity contribution < 1.29 is 0 Å². The van der Waals surface area contributed by atoms with E-state index in [1.54, 1.807) is 11.8 Å². The van der Waals surface area contributed by atoms with Gasteiger partial charge < -0.3 is 5.32 Å². The summed E-state index contributed by atoms with van der Waals surface area (Å²) >= 11 is 1.61. The number of thioether (sulfide) groups is 1. The second kappa shape index (κ2) is 7.56. The lowest BCUT2D eigenvalue weighted by molar-refractivity contribution is 0.485. The highest BCUT2D eigenvalue weighted by atomic mass is 32.2. The zero-order valence-electron chi connectivity index (χ0n) is 13.0. The van der Waals surface area contributed by atoms with Crippen LogP contribution in [-0.2, 0) is 12.3 Å². The molecule has 0 amide bonds. The van der Waals surface area contributed by atoms with Crippen molar-refractivity contribution in [3.63, 3.8) is 0 Å². The number of hydrogen-bond acceptors (Lipinski definition) is 6. The third-order valence-corrected chi connectivity index (χ3v) is 3.91. The van der Waals surface area contributed by atoms with Gasteiger partial charge in [-0.2, -0.15) is 5.10 Å².